The molecule has 1 heterocycles. The topological polar surface area (TPSA) is 55.8 Å². The number of ether oxygens (including phenoxy) is 2. The second-order valence-corrected chi connectivity index (χ2v) is 7.42. The summed E-state index contributed by atoms with van der Waals surface area (Å²) in [5.41, 5.74) is 1.22. The maximum atomic E-state index is 12.7. The molecule has 8 heteroatoms. The van der Waals surface area contributed by atoms with E-state index in [0.29, 0.717) is 37.6 Å². The van der Waals surface area contributed by atoms with Crippen molar-refractivity contribution in [1.82, 2.24) is 4.90 Å². The molecule has 140 valence electrons. The van der Waals surface area contributed by atoms with Gasteiger partial charge < -0.3 is 9.47 Å². The first-order chi connectivity index (χ1) is 12.9. The molecule has 3 rings (SSSR count). The summed E-state index contributed by atoms with van der Waals surface area (Å²) in [7, 11) is 3.08. The molecular formula is C19H15Cl2NO4S. The summed E-state index contributed by atoms with van der Waals surface area (Å²) in [5, 5.41) is 0.434. The minimum atomic E-state index is -0.400. The first-order valence-electron chi connectivity index (χ1n) is 7.84. The van der Waals surface area contributed by atoms with Gasteiger partial charge in [0.15, 0.2) is 0 Å². The Kier molecular flexibility index (Phi) is 5.99. The van der Waals surface area contributed by atoms with Gasteiger partial charge >= 0.3 is 0 Å². The average molecular weight is 424 g/mol. The molecule has 1 saturated heterocycles. The number of rotatable bonds is 5. The number of methoxy groups -OCH3 is 2. The van der Waals surface area contributed by atoms with Crippen LogP contribution in [-0.2, 0) is 11.3 Å². The molecule has 0 N–H and O–H groups in total. The van der Waals surface area contributed by atoms with Gasteiger partial charge in [-0.15, -0.1) is 0 Å². The van der Waals surface area contributed by atoms with Crippen molar-refractivity contribution in [1.29, 1.82) is 0 Å². The van der Waals surface area contributed by atoms with Gasteiger partial charge in [0.05, 0.1) is 25.7 Å². The van der Waals surface area contributed by atoms with Crippen molar-refractivity contribution in [2.75, 3.05) is 14.2 Å². The highest BCUT2D eigenvalue weighted by Crippen LogP contribution is 2.36. The van der Waals surface area contributed by atoms with Crippen LogP contribution in [0.3, 0.4) is 0 Å². The molecule has 1 aliphatic rings. The molecule has 0 aromatic heterocycles. The summed E-state index contributed by atoms with van der Waals surface area (Å²) in [4.78, 5) is 26.5. The van der Waals surface area contributed by atoms with Crippen molar-refractivity contribution in [2.24, 2.45) is 0 Å². The number of hydrogen-bond donors (Lipinski definition) is 0. The molecule has 27 heavy (non-hydrogen) atoms. The minimum absolute atomic E-state index is 0.0158. The normalized spacial score (nSPS) is 15.6. The number of imide groups is 1. The van der Waals surface area contributed by atoms with Gasteiger partial charge in [-0.2, -0.15) is 0 Å². The molecule has 0 atom stereocenters. The average Bonchev–Trinajstić information content (AvgIpc) is 2.91. The maximum Gasteiger partial charge on any atom is 0.293 e. The Morgan fingerprint density at radius 1 is 1.04 bits per heavy atom. The van der Waals surface area contributed by atoms with Crippen LogP contribution in [0.2, 0.25) is 10.0 Å². The van der Waals surface area contributed by atoms with Gasteiger partial charge in [-0.3, -0.25) is 14.5 Å². The lowest BCUT2D eigenvalue weighted by atomic mass is 10.1. The second-order valence-electron chi connectivity index (χ2n) is 5.61. The number of halogens is 2. The highest BCUT2D eigenvalue weighted by atomic mass is 35.5. The van der Waals surface area contributed by atoms with E-state index in [0.717, 1.165) is 16.7 Å². The molecule has 2 amide bonds. The van der Waals surface area contributed by atoms with Crippen molar-refractivity contribution in [3.63, 3.8) is 0 Å². The molecule has 0 saturated carbocycles. The van der Waals surface area contributed by atoms with Crippen LogP contribution in [0.4, 0.5) is 4.79 Å². The predicted molar refractivity (Wildman–Crippen MR) is 108 cm³/mol. The van der Waals surface area contributed by atoms with Gasteiger partial charge in [0.2, 0.25) is 0 Å². The zero-order valence-corrected chi connectivity index (χ0v) is 16.8. The van der Waals surface area contributed by atoms with Crippen LogP contribution in [-0.4, -0.2) is 30.3 Å². The van der Waals surface area contributed by atoms with Crippen LogP contribution < -0.4 is 9.47 Å². The molecule has 0 bridgehead atoms. The fourth-order valence-electron chi connectivity index (χ4n) is 2.54. The van der Waals surface area contributed by atoms with E-state index in [2.05, 4.69) is 0 Å². The minimum Gasteiger partial charge on any atom is -0.497 e. The van der Waals surface area contributed by atoms with Crippen molar-refractivity contribution in [2.45, 2.75) is 6.54 Å². The van der Waals surface area contributed by atoms with E-state index < -0.39 is 5.91 Å². The van der Waals surface area contributed by atoms with Gasteiger partial charge in [-0.1, -0.05) is 29.3 Å². The number of nitrogens with zero attached hydrogens (tertiary/aromatic N) is 1. The number of carbonyl (C=O) groups is 2. The summed E-state index contributed by atoms with van der Waals surface area (Å²) in [6.07, 6.45) is 1.63. The largest absolute Gasteiger partial charge is 0.497 e. The molecule has 0 radical (unpaired) electrons. The van der Waals surface area contributed by atoms with E-state index in [1.165, 1.54) is 0 Å². The Labute approximate surface area is 170 Å². The maximum absolute atomic E-state index is 12.7. The van der Waals surface area contributed by atoms with Gasteiger partial charge in [0, 0.05) is 21.7 Å². The Balaban J connectivity index is 1.89. The summed E-state index contributed by atoms with van der Waals surface area (Å²) in [6.45, 7) is 0.0158. The van der Waals surface area contributed by atoms with E-state index in [1.807, 2.05) is 0 Å². The molecule has 2 aromatic carbocycles. The van der Waals surface area contributed by atoms with Gasteiger partial charge in [-0.25, -0.2) is 0 Å². The molecule has 0 unspecified atom stereocenters. The van der Waals surface area contributed by atoms with Crippen molar-refractivity contribution in [3.05, 3.63) is 62.5 Å². The fourth-order valence-corrected chi connectivity index (χ4v) is 3.90. The predicted octanol–water partition coefficient (Wildman–Crippen LogP) is 5.25. The standard InChI is InChI=1S/C19H15Cl2NO4S/c1-25-12-6-11(7-13(9-12)26-2)8-17-18(23)22(19(24)27-17)10-14-15(20)4-3-5-16(14)21/h3-9H,10H2,1-2H3/b17-8+. The Bertz CT molecular complexity index is 903. The molecule has 0 aliphatic carbocycles. The first kappa shape index (κ1) is 19.6. The number of benzene rings is 2. The van der Waals surface area contributed by atoms with E-state index >= 15 is 0 Å². The van der Waals surface area contributed by atoms with Crippen LogP contribution in [0.5, 0.6) is 11.5 Å². The van der Waals surface area contributed by atoms with Crippen molar-refractivity contribution in [3.8, 4) is 11.5 Å². The van der Waals surface area contributed by atoms with Crippen LogP contribution in [0.1, 0.15) is 11.1 Å². The van der Waals surface area contributed by atoms with Crippen LogP contribution in [0.25, 0.3) is 6.08 Å². The van der Waals surface area contributed by atoms with Crippen molar-refractivity contribution < 1.29 is 19.1 Å². The van der Waals surface area contributed by atoms with Crippen LogP contribution in [0.15, 0.2) is 41.3 Å². The third kappa shape index (κ3) is 4.24. The van der Waals surface area contributed by atoms with E-state index in [-0.39, 0.29) is 11.8 Å². The van der Waals surface area contributed by atoms with Gasteiger partial charge in [-0.05, 0) is 47.7 Å². The Morgan fingerprint density at radius 2 is 1.63 bits per heavy atom. The monoisotopic (exact) mass is 423 g/mol. The molecular weight excluding hydrogens is 409 g/mol. The molecule has 2 aromatic rings. The number of thioether (sulfide) groups is 1. The summed E-state index contributed by atoms with van der Waals surface area (Å²) >= 11 is 13.2. The summed E-state index contributed by atoms with van der Waals surface area (Å²) < 4.78 is 10.5. The fraction of sp³-hybridized carbons (Fsp3) is 0.158. The first-order valence-corrected chi connectivity index (χ1v) is 9.41. The zero-order valence-electron chi connectivity index (χ0n) is 14.5. The van der Waals surface area contributed by atoms with E-state index in [1.54, 1.807) is 56.7 Å². The number of amides is 2. The SMILES string of the molecule is COc1cc(/C=C2/SC(=O)N(Cc3c(Cl)cccc3Cl)C2=O)cc(OC)c1. The van der Waals surface area contributed by atoms with E-state index in [9.17, 15) is 9.59 Å². The lowest BCUT2D eigenvalue weighted by Gasteiger charge is -2.14. The van der Waals surface area contributed by atoms with E-state index in [4.69, 9.17) is 32.7 Å². The second kappa shape index (κ2) is 8.25. The quantitative estimate of drug-likeness (QED) is 0.614. The lowest BCUT2D eigenvalue weighted by Crippen LogP contribution is -2.27. The smallest absolute Gasteiger partial charge is 0.293 e. The summed E-state index contributed by atoms with van der Waals surface area (Å²) in [5.74, 6) is 0.771. The van der Waals surface area contributed by atoms with Gasteiger partial charge in [0.25, 0.3) is 11.1 Å². The van der Waals surface area contributed by atoms with Gasteiger partial charge in [0.1, 0.15) is 11.5 Å². The molecule has 1 fully saturated rings. The highest BCUT2D eigenvalue weighted by molar-refractivity contribution is 8.18. The van der Waals surface area contributed by atoms with Crippen LogP contribution in [0, 0.1) is 0 Å². The Morgan fingerprint density at radius 3 is 2.19 bits per heavy atom. The lowest BCUT2D eigenvalue weighted by molar-refractivity contribution is -0.123. The van der Waals surface area contributed by atoms with Crippen molar-refractivity contribution >= 4 is 52.2 Å². The zero-order chi connectivity index (χ0) is 19.6. The molecule has 5 nitrogen and oxygen atoms in total. The number of hydrogen-bond acceptors (Lipinski definition) is 5. The Hall–Kier alpha value is -2.15. The third-order valence-corrected chi connectivity index (χ3v) is 5.54. The highest BCUT2D eigenvalue weighted by Gasteiger charge is 2.35. The molecule has 0 spiro atoms. The van der Waals surface area contributed by atoms with Crippen LogP contribution >= 0.6 is 35.0 Å². The molecule has 1 aliphatic heterocycles. The summed E-state index contributed by atoms with van der Waals surface area (Å²) in [6, 6.07) is 10.3. The third-order valence-electron chi connectivity index (χ3n) is 3.92. The number of carbonyl (C=O) groups excluding carboxylic acids is 2.